The first-order valence-corrected chi connectivity index (χ1v) is 5.36. The third-order valence-electron chi connectivity index (χ3n) is 2.65. The first-order chi connectivity index (χ1) is 7.74. The Morgan fingerprint density at radius 3 is 3.19 bits per heavy atom. The fourth-order valence-corrected chi connectivity index (χ4v) is 1.89. The van der Waals surface area contributed by atoms with Crippen LogP contribution in [0, 0.1) is 0 Å². The Morgan fingerprint density at radius 2 is 2.44 bits per heavy atom. The predicted molar refractivity (Wildman–Crippen MR) is 59.0 cm³/mol. The van der Waals surface area contributed by atoms with Crippen LogP contribution in [0.15, 0.2) is 18.2 Å². The van der Waals surface area contributed by atoms with Crippen LogP contribution >= 0.6 is 0 Å². The van der Waals surface area contributed by atoms with Gasteiger partial charge in [-0.2, -0.15) is 0 Å². The van der Waals surface area contributed by atoms with Crippen molar-refractivity contribution in [2.24, 2.45) is 5.73 Å². The maximum atomic E-state index is 11.7. The third-order valence-corrected chi connectivity index (χ3v) is 2.65. The Labute approximate surface area is 94.3 Å². The molecule has 0 aliphatic carbocycles. The average molecular weight is 221 g/mol. The smallest absolute Gasteiger partial charge is 0.338 e. The van der Waals surface area contributed by atoms with E-state index >= 15 is 0 Å². The summed E-state index contributed by atoms with van der Waals surface area (Å²) in [6, 6.07) is 5.36. The van der Waals surface area contributed by atoms with Crippen LogP contribution in [0.5, 0.6) is 0 Å². The maximum absolute atomic E-state index is 11.7. The van der Waals surface area contributed by atoms with Gasteiger partial charge in [-0.3, -0.25) is 0 Å². The van der Waals surface area contributed by atoms with Crippen molar-refractivity contribution in [3.63, 3.8) is 0 Å². The Bertz CT molecular complexity index is 403. The summed E-state index contributed by atoms with van der Waals surface area (Å²) in [5.74, 6) is -0.308. The van der Waals surface area contributed by atoms with E-state index in [1.54, 1.807) is 13.0 Å². The molecule has 0 fully saturated rings. The van der Waals surface area contributed by atoms with Gasteiger partial charge in [0, 0.05) is 0 Å². The van der Waals surface area contributed by atoms with Crippen LogP contribution in [0.3, 0.4) is 0 Å². The third kappa shape index (κ3) is 1.94. The van der Waals surface area contributed by atoms with E-state index in [0.717, 1.165) is 11.1 Å². The largest absolute Gasteiger partial charge is 0.462 e. The number of benzene rings is 1. The van der Waals surface area contributed by atoms with Gasteiger partial charge in [0.15, 0.2) is 0 Å². The van der Waals surface area contributed by atoms with Gasteiger partial charge in [0.25, 0.3) is 0 Å². The van der Waals surface area contributed by atoms with Crippen molar-refractivity contribution in [2.45, 2.75) is 19.6 Å². The molecule has 1 atom stereocenters. The van der Waals surface area contributed by atoms with E-state index < -0.39 is 0 Å². The number of hydrogen-bond donors (Lipinski definition) is 1. The Kier molecular flexibility index (Phi) is 3.22. The average Bonchev–Trinajstić information content (AvgIpc) is 2.29. The molecule has 1 aliphatic heterocycles. The lowest BCUT2D eigenvalue weighted by molar-refractivity contribution is 0.0510. The monoisotopic (exact) mass is 221 g/mol. The minimum absolute atomic E-state index is 0.155. The van der Waals surface area contributed by atoms with Gasteiger partial charge in [0.05, 0.1) is 31.4 Å². The molecule has 4 nitrogen and oxygen atoms in total. The summed E-state index contributed by atoms with van der Waals surface area (Å²) in [5.41, 5.74) is 8.32. The molecule has 0 saturated carbocycles. The molecule has 0 unspecified atom stereocenters. The van der Waals surface area contributed by atoms with Crippen LogP contribution in [-0.4, -0.2) is 19.2 Å². The van der Waals surface area contributed by atoms with Crippen molar-refractivity contribution in [1.82, 2.24) is 0 Å². The standard InChI is InChI=1S/C12H15NO3/c1-2-16-12(14)9-5-3-4-8-10(9)6-15-7-11(8)13/h3-5,11H,2,6-7,13H2,1H3/t11-/m0/s1. The molecule has 0 spiro atoms. The highest BCUT2D eigenvalue weighted by atomic mass is 16.5. The molecule has 4 heteroatoms. The van der Waals surface area contributed by atoms with Gasteiger partial charge in [-0.1, -0.05) is 12.1 Å². The van der Waals surface area contributed by atoms with E-state index in [4.69, 9.17) is 15.2 Å². The van der Waals surface area contributed by atoms with Crippen molar-refractivity contribution in [1.29, 1.82) is 0 Å². The molecule has 0 aromatic heterocycles. The zero-order valence-electron chi connectivity index (χ0n) is 9.23. The molecule has 1 aliphatic rings. The highest BCUT2D eigenvalue weighted by molar-refractivity contribution is 5.91. The predicted octanol–water partition coefficient (Wildman–Crippen LogP) is 1.39. The van der Waals surface area contributed by atoms with Gasteiger partial charge >= 0.3 is 5.97 Å². The van der Waals surface area contributed by atoms with Gasteiger partial charge < -0.3 is 15.2 Å². The molecule has 1 heterocycles. The summed E-state index contributed by atoms with van der Waals surface area (Å²) in [5, 5.41) is 0. The normalized spacial score (nSPS) is 19.0. The summed E-state index contributed by atoms with van der Waals surface area (Å²) in [7, 11) is 0. The van der Waals surface area contributed by atoms with Crippen molar-refractivity contribution < 1.29 is 14.3 Å². The summed E-state index contributed by atoms with van der Waals surface area (Å²) in [4.78, 5) is 11.7. The number of fused-ring (bicyclic) bond motifs is 1. The number of carbonyl (C=O) groups excluding carboxylic acids is 1. The lowest BCUT2D eigenvalue weighted by Gasteiger charge is -2.24. The zero-order valence-corrected chi connectivity index (χ0v) is 9.23. The van der Waals surface area contributed by atoms with E-state index in [0.29, 0.717) is 25.4 Å². The number of ether oxygens (including phenoxy) is 2. The second kappa shape index (κ2) is 4.63. The van der Waals surface area contributed by atoms with Crippen molar-refractivity contribution in [3.8, 4) is 0 Å². The lowest BCUT2D eigenvalue weighted by atomic mass is 9.95. The van der Waals surface area contributed by atoms with Crippen LogP contribution < -0.4 is 5.73 Å². The fourth-order valence-electron chi connectivity index (χ4n) is 1.89. The van der Waals surface area contributed by atoms with E-state index in [9.17, 15) is 4.79 Å². The molecule has 1 aromatic rings. The second-order valence-corrected chi connectivity index (χ2v) is 3.72. The summed E-state index contributed by atoms with van der Waals surface area (Å²) < 4.78 is 10.3. The lowest BCUT2D eigenvalue weighted by Crippen LogP contribution is -2.25. The van der Waals surface area contributed by atoms with Gasteiger partial charge in [0.2, 0.25) is 0 Å². The van der Waals surface area contributed by atoms with Crippen molar-refractivity contribution in [2.75, 3.05) is 13.2 Å². The molecule has 2 N–H and O–H groups in total. The number of rotatable bonds is 2. The molecule has 0 bridgehead atoms. The van der Waals surface area contributed by atoms with Crippen molar-refractivity contribution >= 4 is 5.97 Å². The molecule has 2 rings (SSSR count). The van der Waals surface area contributed by atoms with Crippen molar-refractivity contribution in [3.05, 3.63) is 34.9 Å². The Morgan fingerprint density at radius 1 is 1.62 bits per heavy atom. The zero-order chi connectivity index (χ0) is 11.5. The minimum atomic E-state index is -0.308. The first kappa shape index (κ1) is 11.1. The Balaban J connectivity index is 2.39. The second-order valence-electron chi connectivity index (χ2n) is 3.72. The molecule has 0 amide bonds. The Hall–Kier alpha value is -1.39. The van der Waals surface area contributed by atoms with Crippen LogP contribution in [0.4, 0.5) is 0 Å². The minimum Gasteiger partial charge on any atom is -0.462 e. The van der Waals surface area contributed by atoms with Crippen LogP contribution in [0.25, 0.3) is 0 Å². The number of hydrogen-bond acceptors (Lipinski definition) is 4. The summed E-state index contributed by atoms with van der Waals surface area (Å²) in [6.45, 7) is 3.09. The molecular weight excluding hydrogens is 206 g/mol. The molecule has 16 heavy (non-hydrogen) atoms. The van der Waals surface area contributed by atoms with E-state index in [2.05, 4.69) is 0 Å². The fraction of sp³-hybridized carbons (Fsp3) is 0.417. The SMILES string of the molecule is CCOC(=O)c1cccc2c1COC[C@@H]2N. The van der Waals surface area contributed by atoms with Gasteiger partial charge in [-0.15, -0.1) is 0 Å². The van der Waals surface area contributed by atoms with Gasteiger partial charge in [0.1, 0.15) is 0 Å². The number of nitrogens with two attached hydrogens (primary N) is 1. The molecule has 1 aromatic carbocycles. The van der Waals surface area contributed by atoms with Gasteiger partial charge in [-0.05, 0) is 24.1 Å². The van der Waals surface area contributed by atoms with E-state index in [-0.39, 0.29) is 12.0 Å². The molecular formula is C12H15NO3. The summed E-state index contributed by atoms with van der Waals surface area (Å²) in [6.07, 6.45) is 0. The molecule has 86 valence electrons. The molecule has 0 radical (unpaired) electrons. The van der Waals surface area contributed by atoms with Gasteiger partial charge in [-0.25, -0.2) is 4.79 Å². The van der Waals surface area contributed by atoms with E-state index in [1.165, 1.54) is 0 Å². The number of esters is 1. The quantitative estimate of drug-likeness (QED) is 0.767. The topological polar surface area (TPSA) is 61.5 Å². The molecule has 0 saturated heterocycles. The van der Waals surface area contributed by atoms with E-state index in [1.807, 2.05) is 12.1 Å². The summed E-state index contributed by atoms with van der Waals surface area (Å²) >= 11 is 0. The number of carbonyl (C=O) groups is 1. The first-order valence-electron chi connectivity index (χ1n) is 5.36. The maximum Gasteiger partial charge on any atom is 0.338 e. The van der Waals surface area contributed by atoms with Crippen LogP contribution in [-0.2, 0) is 16.1 Å². The highest BCUT2D eigenvalue weighted by Gasteiger charge is 2.22. The highest BCUT2D eigenvalue weighted by Crippen LogP contribution is 2.26. The van der Waals surface area contributed by atoms with Crippen LogP contribution in [0.2, 0.25) is 0 Å². The van der Waals surface area contributed by atoms with Crippen LogP contribution in [0.1, 0.15) is 34.5 Å².